The summed E-state index contributed by atoms with van der Waals surface area (Å²) < 4.78 is 0. The summed E-state index contributed by atoms with van der Waals surface area (Å²) in [6.07, 6.45) is 9.25. The minimum absolute atomic E-state index is 0.309. The van der Waals surface area contributed by atoms with Gasteiger partial charge in [-0.2, -0.15) is 5.26 Å². The number of rotatable bonds is 8. The van der Waals surface area contributed by atoms with Crippen molar-refractivity contribution in [3.63, 3.8) is 0 Å². The number of likely N-dealkylation sites (tertiary alicyclic amines) is 1. The van der Waals surface area contributed by atoms with Crippen molar-refractivity contribution in [2.75, 3.05) is 23.4 Å². The molecule has 0 bridgehead atoms. The van der Waals surface area contributed by atoms with Crippen molar-refractivity contribution in [3.05, 3.63) is 89.1 Å². The maximum Gasteiger partial charge on any atom is 0.255 e. The van der Waals surface area contributed by atoms with Crippen LogP contribution in [0.5, 0.6) is 0 Å². The summed E-state index contributed by atoms with van der Waals surface area (Å²) in [4.78, 5) is 24.1. The average molecular weight is 511 g/mol. The molecule has 3 aromatic rings. The molecule has 9 nitrogen and oxygen atoms in total. The van der Waals surface area contributed by atoms with Crippen LogP contribution in [0.1, 0.15) is 59.4 Å². The molecule has 0 unspecified atom stereocenters. The van der Waals surface area contributed by atoms with Gasteiger partial charge < -0.3 is 11.1 Å². The van der Waals surface area contributed by atoms with Gasteiger partial charge in [-0.05, 0) is 82.1 Å². The molecule has 0 atom stereocenters. The zero-order valence-electron chi connectivity index (χ0n) is 22.1. The number of hydrogen-bond acceptors (Lipinski definition) is 8. The number of nitrogens with one attached hydrogen (secondary N) is 1. The maximum absolute atomic E-state index is 13.0. The van der Waals surface area contributed by atoms with Crippen LogP contribution in [0, 0.1) is 18.3 Å². The number of hydrogen-bond donors (Lipinski definition) is 3. The number of pyridine rings is 2. The first-order valence-corrected chi connectivity index (χ1v) is 12.6. The van der Waals surface area contributed by atoms with Gasteiger partial charge in [0.2, 0.25) is 0 Å². The van der Waals surface area contributed by atoms with Gasteiger partial charge in [0.25, 0.3) is 5.91 Å². The van der Waals surface area contributed by atoms with Gasteiger partial charge in [-0.15, -0.1) is 0 Å². The fraction of sp³-hybridized carbons (Fsp3) is 0.310. The molecule has 1 saturated heterocycles. The predicted molar refractivity (Wildman–Crippen MR) is 150 cm³/mol. The van der Waals surface area contributed by atoms with Gasteiger partial charge in [0.1, 0.15) is 0 Å². The fourth-order valence-electron chi connectivity index (χ4n) is 4.39. The Kier molecular flexibility index (Phi) is 8.05. The van der Waals surface area contributed by atoms with E-state index in [2.05, 4.69) is 26.3 Å². The van der Waals surface area contributed by atoms with Crippen LogP contribution in [0.3, 0.4) is 0 Å². The molecule has 3 heterocycles. The first-order valence-electron chi connectivity index (χ1n) is 12.6. The molecule has 1 fully saturated rings. The summed E-state index contributed by atoms with van der Waals surface area (Å²) >= 11 is 0. The van der Waals surface area contributed by atoms with E-state index in [1.165, 1.54) is 17.9 Å². The molecule has 2 aromatic heterocycles. The van der Waals surface area contributed by atoms with Gasteiger partial charge in [0.05, 0.1) is 40.4 Å². The molecular formula is C29H34N8O. The molecule has 38 heavy (non-hydrogen) atoms. The van der Waals surface area contributed by atoms with Crippen molar-refractivity contribution in [1.82, 2.24) is 14.9 Å². The minimum Gasteiger partial charge on any atom is -0.397 e. The number of nitriles is 1. The van der Waals surface area contributed by atoms with Gasteiger partial charge in [-0.1, -0.05) is 12.1 Å². The van der Waals surface area contributed by atoms with Crippen molar-refractivity contribution in [3.8, 4) is 6.07 Å². The highest BCUT2D eigenvalue weighted by Gasteiger charge is 2.21. The number of hydrazine groups is 1. The lowest BCUT2D eigenvalue weighted by molar-refractivity contribution is 0.102. The van der Waals surface area contributed by atoms with Crippen LogP contribution in [0.4, 0.5) is 11.4 Å². The second-order valence-corrected chi connectivity index (χ2v) is 10.2. The highest BCUT2D eigenvalue weighted by molar-refractivity contribution is 6.04. The summed E-state index contributed by atoms with van der Waals surface area (Å²) in [6.45, 7) is 8.52. The van der Waals surface area contributed by atoms with Gasteiger partial charge in [-0.3, -0.25) is 24.7 Å². The van der Waals surface area contributed by atoms with Crippen LogP contribution in [0.25, 0.3) is 5.70 Å². The molecule has 5 N–H and O–H groups in total. The number of anilines is 2. The summed E-state index contributed by atoms with van der Waals surface area (Å²) in [6, 6.07) is 13.1. The molecule has 1 aromatic carbocycles. The van der Waals surface area contributed by atoms with E-state index < -0.39 is 5.41 Å². The quantitative estimate of drug-likeness (QED) is 0.305. The average Bonchev–Trinajstić information content (AvgIpc) is 3.43. The topological polar surface area (TPSA) is 137 Å². The molecule has 1 aliphatic heterocycles. The lowest BCUT2D eigenvalue weighted by Gasteiger charge is -2.19. The van der Waals surface area contributed by atoms with Crippen molar-refractivity contribution in [2.24, 2.45) is 11.6 Å². The Hall–Kier alpha value is -4.26. The zero-order chi connectivity index (χ0) is 27.3. The Morgan fingerprint density at radius 1 is 1.18 bits per heavy atom. The number of nitrogens with zero attached hydrogens (tertiary/aromatic N) is 5. The van der Waals surface area contributed by atoms with E-state index in [1.54, 1.807) is 42.9 Å². The van der Waals surface area contributed by atoms with Crippen molar-refractivity contribution >= 4 is 23.0 Å². The lowest BCUT2D eigenvalue weighted by Crippen LogP contribution is -2.27. The molecular weight excluding hydrogens is 476 g/mol. The van der Waals surface area contributed by atoms with Gasteiger partial charge in [-0.25, -0.2) is 5.84 Å². The van der Waals surface area contributed by atoms with Crippen molar-refractivity contribution in [2.45, 2.75) is 45.6 Å². The second kappa shape index (κ2) is 11.4. The minimum atomic E-state index is -0.704. The third-order valence-corrected chi connectivity index (χ3v) is 6.73. The lowest BCUT2D eigenvalue weighted by atomic mass is 9.85. The van der Waals surface area contributed by atoms with E-state index in [9.17, 15) is 10.1 Å². The van der Waals surface area contributed by atoms with Crippen LogP contribution in [-0.2, 0) is 12.0 Å². The van der Waals surface area contributed by atoms with E-state index in [1.807, 2.05) is 39.1 Å². The standard InChI is InChI=1S/C29H34N8O/c1-20-27(37(32)18-26(31)23-11-21(14-33-15-23)17-36-9-4-5-10-36)13-25(16-34-20)35-28(38)22-7-6-8-24(12-22)29(2,3)19-30/h6-8,11-16,18H,4-5,9-10,17,31-32H2,1-3H3,(H,35,38)/b26-18-. The van der Waals surface area contributed by atoms with E-state index >= 15 is 0 Å². The molecule has 0 spiro atoms. The molecule has 4 rings (SSSR count). The van der Waals surface area contributed by atoms with Gasteiger partial charge in [0, 0.05) is 36.3 Å². The third kappa shape index (κ3) is 6.35. The number of aromatic nitrogens is 2. The SMILES string of the molecule is Cc1ncc(NC(=O)c2cccc(C(C)(C)C#N)c2)cc1N(N)/C=C(\N)c1cncc(CN2CCCC2)c1. The second-order valence-electron chi connectivity index (χ2n) is 10.2. The maximum atomic E-state index is 13.0. The number of nitrogens with two attached hydrogens (primary N) is 2. The van der Waals surface area contributed by atoms with Crippen LogP contribution in [0.2, 0.25) is 0 Å². The van der Waals surface area contributed by atoms with Crippen LogP contribution >= 0.6 is 0 Å². The highest BCUT2D eigenvalue weighted by Crippen LogP contribution is 2.25. The number of aryl methyl sites for hydroxylation is 1. The smallest absolute Gasteiger partial charge is 0.255 e. The Labute approximate surface area is 223 Å². The van der Waals surface area contributed by atoms with Crippen LogP contribution in [-0.4, -0.2) is 33.9 Å². The molecule has 1 aliphatic rings. The molecule has 1 amide bonds. The van der Waals surface area contributed by atoms with Crippen molar-refractivity contribution in [1.29, 1.82) is 5.26 Å². The summed E-state index contributed by atoms with van der Waals surface area (Å²) in [5.41, 5.74) is 11.0. The number of carbonyl (C=O) groups is 1. The Morgan fingerprint density at radius 3 is 2.68 bits per heavy atom. The number of benzene rings is 1. The van der Waals surface area contributed by atoms with Crippen LogP contribution < -0.4 is 21.9 Å². The molecule has 0 radical (unpaired) electrons. The third-order valence-electron chi connectivity index (χ3n) is 6.73. The monoisotopic (exact) mass is 510 g/mol. The number of carbonyl (C=O) groups excluding carboxylic acids is 1. The van der Waals surface area contributed by atoms with Gasteiger partial charge in [0.15, 0.2) is 0 Å². The normalized spacial score (nSPS) is 14.2. The van der Waals surface area contributed by atoms with Crippen molar-refractivity contribution < 1.29 is 4.79 Å². The van der Waals surface area contributed by atoms with E-state index in [-0.39, 0.29) is 5.91 Å². The molecule has 0 aliphatic carbocycles. The summed E-state index contributed by atoms with van der Waals surface area (Å²) in [7, 11) is 0. The molecule has 196 valence electrons. The Morgan fingerprint density at radius 2 is 1.95 bits per heavy atom. The summed E-state index contributed by atoms with van der Waals surface area (Å²) in [5.74, 6) is 6.05. The predicted octanol–water partition coefficient (Wildman–Crippen LogP) is 4.07. The van der Waals surface area contributed by atoms with E-state index in [0.717, 1.165) is 36.3 Å². The molecule has 0 saturated carbocycles. The Balaban J connectivity index is 1.50. The van der Waals surface area contributed by atoms with Crippen LogP contribution in [0.15, 0.2) is 61.2 Å². The largest absolute Gasteiger partial charge is 0.397 e. The fourth-order valence-corrected chi connectivity index (χ4v) is 4.39. The van der Waals surface area contributed by atoms with Gasteiger partial charge >= 0.3 is 0 Å². The zero-order valence-corrected chi connectivity index (χ0v) is 22.1. The van der Waals surface area contributed by atoms with E-state index in [4.69, 9.17) is 11.6 Å². The number of amides is 1. The first kappa shape index (κ1) is 26.8. The summed E-state index contributed by atoms with van der Waals surface area (Å²) in [5, 5.41) is 13.7. The highest BCUT2D eigenvalue weighted by atomic mass is 16.1. The Bertz CT molecular complexity index is 1390. The first-order chi connectivity index (χ1) is 18.2. The van der Waals surface area contributed by atoms with E-state index in [0.29, 0.717) is 28.3 Å². The molecule has 9 heteroatoms.